The number of nitrogens with two attached hydrogens (primary N) is 1. The zero-order valence-electron chi connectivity index (χ0n) is 10.1. The van der Waals surface area contributed by atoms with E-state index in [9.17, 15) is 0 Å². The van der Waals surface area contributed by atoms with Gasteiger partial charge in [-0.2, -0.15) is 5.26 Å². The van der Waals surface area contributed by atoms with Gasteiger partial charge in [0.25, 0.3) is 0 Å². The Hall–Kier alpha value is -2.26. The number of nitriles is 1. The van der Waals surface area contributed by atoms with Crippen molar-refractivity contribution >= 4 is 22.9 Å². The van der Waals surface area contributed by atoms with Crippen molar-refractivity contribution in [3.8, 4) is 17.6 Å². The van der Waals surface area contributed by atoms with E-state index in [2.05, 4.69) is 5.32 Å². The average Bonchev–Trinajstić information content (AvgIpc) is 2.38. The number of hydrogen-bond acceptors (Lipinski definition) is 5. The second-order valence-electron chi connectivity index (χ2n) is 3.25. The molecular weight excluding hydrogens is 250 g/mol. The van der Waals surface area contributed by atoms with Crippen LogP contribution >= 0.6 is 12.2 Å². The SMILES string of the molecule is COc1ccc(N/C=C(/C#N)C(N)=S)cc1OC. The minimum Gasteiger partial charge on any atom is -0.493 e. The van der Waals surface area contributed by atoms with Crippen LogP contribution in [0, 0.1) is 11.3 Å². The van der Waals surface area contributed by atoms with Gasteiger partial charge in [-0.1, -0.05) is 12.2 Å². The Bertz CT molecular complexity index is 521. The van der Waals surface area contributed by atoms with Crippen molar-refractivity contribution in [2.24, 2.45) is 5.73 Å². The van der Waals surface area contributed by atoms with E-state index >= 15 is 0 Å². The van der Waals surface area contributed by atoms with Crippen LogP contribution < -0.4 is 20.5 Å². The third-order valence-electron chi connectivity index (χ3n) is 2.15. The highest BCUT2D eigenvalue weighted by atomic mass is 32.1. The van der Waals surface area contributed by atoms with Crippen molar-refractivity contribution in [3.63, 3.8) is 0 Å². The summed E-state index contributed by atoms with van der Waals surface area (Å²) in [7, 11) is 3.11. The third-order valence-corrected chi connectivity index (χ3v) is 2.37. The van der Waals surface area contributed by atoms with Crippen molar-refractivity contribution < 1.29 is 9.47 Å². The first-order chi connectivity index (χ1) is 8.62. The fraction of sp³-hybridized carbons (Fsp3) is 0.167. The normalized spacial score (nSPS) is 10.4. The summed E-state index contributed by atoms with van der Waals surface area (Å²) < 4.78 is 10.3. The molecule has 0 aromatic heterocycles. The lowest BCUT2D eigenvalue weighted by Crippen LogP contribution is -2.11. The molecule has 0 spiro atoms. The Balaban J connectivity index is 2.93. The Labute approximate surface area is 111 Å². The van der Waals surface area contributed by atoms with Gasteiger partial charge in [-0.15, -0.1) is 0 Å². The highest BCUT2D eigenvalue weighted by Crippen LogP contribution is 2.29. The molecule has 3 N–H and O–H groups in total. The lowest BCUT2D eigenvalue weighted by molar-refractivity contribution is 0.355. The molecule has 6 heteroatoms. The fourth-order valence-electron chi connectivity index (χ4n) is 1.24. The molecule has 0 heterocycles. The highest BCUT2D eigenvalue weighted by molar-refractivity contribution is 7.80. The Morgan fingerprint density at radius 1 is 1.39 bits per heavy atom. The maximum Gasteiger partial charge on any atom is 0.162 e. The summed E-state index contributed by atoms with van der Waals surface area (Å²) in [6.45, 7) is 0. The smallest absolute Gasteiger partial charge is 0.162 e. The molecule has 1 aromatic carbocycles. The molecule has 0 amide bonds. The molecule has 0 aliphatic heterocycles. The lowest BCUT2D eigenvalue weighted by Gasteiger charge is -2.09. The summed E-state index contributed by atoms with van der Waals surface area (Å²) in [6.07, 6.45) is 1.45. The van der Waals surface area contributed by atoms with Crippen molar-refractivity contribution in [2.75, 3.05) is 19.5 Å². The molecule has 1 rings (SSSR count). The maximum absolute atomic E-state index is 8.79. The van der Waals surface area contributed by atoms with Crippen LogP contribution in [0.2, 0.25) is 0 Å². The largest absolute Gasteiger partial charge is 0.493 e. The lowest BCUT2D eigenvalue weighted by atomic mass is 10.2. The molecular formula is C12H13N3O2S. The van der Waals surface area contributed by atoms with E-state index in [4.69, 9.17) is 32.7 Å². The van der Waals surface area contributed by atoms with Gasteiger partial charge in [0.1, 0.15) is 16.6 Å². The quantitative estimate of drug-likeness (QED) is 0.479. The van der Waals surface area contributed by atoms with Crippen LogP contribution in [0.15, 0.2) is 30.0 Å². The van der Waals surface area contributed by atoms with E-state index in [0.717, 1.165) is 5.69 Å². The monoisotopic (exact) mass is 263 g/mol. The Kier molecular flexibility index (Phi) is 4.96. The van der Waals surface area contributed by atoms with Crippen LogP contribution in [0.3, 0.4) is 0 Å². The second-order valence-corrected chi connectivity index (χ2v) is 3.69. The zero-order valence-corrected chi connectivity index (χ0v) is 10.9. The molecule has 0 atom stereocenters. The molecule has 0 saturated heterocycles. The number of methoxy groups -OCH3 is 2. The zero-order chi connectivity index (χ0) is 13.5. The van der Waals surface area contributed by atoms with Gasteiger partial charge in [-0.25, -0.2) is 0 Å². The Morgan fingerprint density at radius 3 is 2.56 bits per heavy atom. The van der Waals surface area contributed by atoms with Crippen LogP contribution in [0.1, 0.15) is 0 Å². The van der Waals surface area contributed by atoms with Gasteiger partial charge < -0.3 is 20.5 Å². The van der Waals surface area contributed by atoms with Gasteiger partial charge >= 0.3 is 0 Å². The molecule has 94 valence electrons. The summed E-state index contributed by atoms with van der Waals surface area (Å²) in [5.74, 6) is 1.21. The Morgan fingerprint density at radius 2 is 2.06 bits per heavy atom. The third kappa shape index (κ3) is 3.37. The predicted molar refractivity (Wildman–Crippen MR) is 73.7 cm³/mol. The molecule has 0 fully saturated rings. The molecule has 0 saturated carbocycles. The number of anilines is 1. The van der Waals surface area contributed by atoms with Crippen molar-refractivity contribution in [1.82, 2.24) is 0 Å². The average molecular weight is 263 g/mol. The summed E-state index contributed by atoms with van der Waals surface area (Å²) in [5, 5.41) is 11.7. The van der Waals surface area contributed by atoms with Crippen molar-refractivity contribution in [2.45, 2.75) is 0 Å². The predicted octanol–water partition coefficient (Wildman–Crippen LogP) is 1.81. The first-order valence-corrected chi connectivity index (χ1v) is 5.41. The fourth-order valence-corrected chi connectivity index (χ4v) is 1.34. The number of benzene rings is 1. The van der Waals surface area contributed by atoms with E-state index in [0.29, 0.717) is 11.5 Å². The van der Waals surface area contributed by atoms with Gasteiger partial charge in [0.2, 0.25) is 0 Å². The van der Waals surface area contributed by atoms with Crippen LogP contribution in [0.5, 0.6) is 11.5 Å². The van der Waals surface area contributed by atoms with Gasteiger partial charge in [0.15, 0.2) is 11.5 Å². The number of nitrogens with zero attached hydrogens (tertiary/aromatic N) is 1. The topological polar surface area (TPSA) is 80.3 Å². The standard InChI is InChI=1S/C12H13N3O2S/c1-16-10-4-3-9(5-11(10)17-2)15-7-8(6-13)12(14)18/h3-5,7,15H,1-2H3,(H2,14,18)/b8-7-. The highest BCUT2D eigenvalue weighted by Gasteiger charge is 2.04. The number of hydrogen-bond donors (Lipinski definition) is 2. The van der Waals surface area contributed by atoms with Crippen LogP contribution in [0.25, 0.3) is 0 Å². The minimum absolute atomic E-state index is 0.0467. The molecule has 0 aliphatic carbocycles. The van der Waals surface area contributed by atoms with E-state index in [-0.39, 0.29) is 10.6 Å². The first kappa shape index (κ1) is 13.8. The van der Waals surface area contributed by atoms with Crippen LogP contribution in [-0.4, -0.2) is 19.2 Å². The molecule has 0 bridgehead atoms. The number of rotatable bonds is 5. The van der Waals surface area contributed by atoms with E-state index in [1.165, 1.54) is 6.20 Å². The molecule has 0 aliphatic rings. The van der Waals surface area contributed by atoms with Crippen LogP contribution in [-0.2, 0) is 0 Å². The summed E-state index contributed by atoms with van der Waals surface area (Å²) in [4.78, 5) is 0.0467. The summed E-state index contributed by atoms with van der Waals surface area (Å²) in [6, 6.07) is 7.18. The van der Waals surface area contributed by atoms with Crippen molar-refractivity contribution in [1.29, 1.82) is 5.26 Å². The molecule has 0 radical (unpaired) electrons. The molecule has 5 nitrogen and oxygen atoms in total. The van der Waals surface area contributed by atoms with Gasteiger partial charge in [-0.3, -0.25) is 0 Å². The van der Waals surface area contributed by atoms with Crippen LogP contribution in [0.4, 0.5) is 5.69 Å². The molecule has 1 aromatic rings. The van der Waals surface area contributed by atoms with E-state index in [1.54, 1.807) is 32.4 Å². The number of thiocarbonyl (C=S) groups is 1. The van der Waals surface area contributed by atoms with Gasteiger partial charge in [-0.05, 0) is 12.1 Å². The number of nitrogens with one attached hydrogen (secondary N) is 1. The van der Waals surface area contributed by atoms with Crippen molar-refractivity contribution in [3.05, 3.63) is 30.0 Å². The van der Waals surface area contributed by atoms with E-state index < -0.39 is 0 Å². The summed E-state index contributed by atoms with van der Waals surface area (Å²) in [5.41, 5.74) is 6.31. The summed E-state index contributed by atoms with van der Waals surface area (Å²) >= 11 is 4.72. The van der Waals surface area contributed by atoms with Gasteiger partial charge in [0.05, 0.1) is 14.2 Å². The second kappa shape index (κ2) is 6.47. The maximum atomic E-state index is 8.79. The minimum atomic E-state index is 0.0467. The number of ether oxygens (including phenoxy) is 2. The van der Waals surface area contributed by atoms with Gasteiger partial charge in [0, 0.05) is 18.0 Å². The first-order valence-electron chi connectivity index (χ1n) is 5.01. The van der Waals surface area contributed by atoms with E-state index in [1.807, 2.05) is 6.07 Å². The molecule has 0 unspecified atom stereocenters. The molecule has 18 heavy (non-hydrogen) atoms.